The predicted octanol–water partition coefficient (Wildman–Crippen LogP) is 3.42. The lowest BCUT2D eigenvalue weighted by Gasteiger charge is -2.24. The Bertz CT molecular complexity index is 641. The van der Waals surface area contributed by atoms with E-state index in [4.69, 9.17) is 5.11 Å². The molecule has 1 aliphatic heterocycles. The van der Waals surface area contributed by atoms with E-state index in [0.717, 1.165) is 23.1 Å². The van der Waals surface area contributed by atoms with Gasteiger partial charge < -0.3 is 10.0 Å². The second-order valence-corrected chi connectivity index (χ2v) is 7.50. The predicted molar refractivity (Wildman–Crippen MR) is 87.3 cm³/mol. The number of carboxylic acid groups (broad SMARTS) is 1. The molecule has 2 saturated carbocycles. The third-order valence-corrected chi connectivity index (χ3v) is 6.11. The Balaban J connectivity index is 1.50. The van der Waals surface area contributed by atoms with Crippen molar-refractivity contribution in [3.8, 4) is 0 Å². The Morgan fingerprint density at radius 1 is 1.13 bits per heavy atom. The maximum atomic E-state index is 12.9. The quantitative estimate of drug-likeness (QED) is 0.926. The summed E-state index contributed by atoms with van der Waals surface area (Å²) in [5, 5.41) is 9.12. The molecule has 1 amide bonds. The van der Waals surface area contributed by atoms with Crippen molar-refractivity contribution in [2.24, 2.45) is 17.8 Å². The summed E-state index contributed by atoms with van der Waals surface area (Å²) >= 11 is 0. The average Bonchev–Trinajstić information content (AvgIpc) is 3.21. The molecule has 3 aliphatic rings. The molecule has 1 aromatic rings. The zero-order valence-electron chi connectivity index (χ0n) is 13.3. The molecule has 122 valence electrons. The molecule has 0 spiro atoms. The van der Waals surface area contributed by atoms with Gasteiger partial charge >= 0.3 is 5.97 Å². The third-order valence-electron chi connectivity index (χ3n) is 6.11. The molecule has 1 aromatic carbocycles. The maximum Gasteiger partial charge on any atom is 0.304 e. The fourth-order valence-corrected chi connectivity index (χ4v) is 5.08. The summed E-state index contributed by atoms with van der Waals surface area (Å²) in [4.78, 5) is 25.8. The minimum absolute atomic E-state index is 0.0762. The molecule has 4 atom stereocenters. The van der Waals surface area contributed by atoms with Gasteiger partial charge in [-0.3, -0.25) is 9.59 Å². The molecule has 0 radical (unpaired) electrons. The van der Waals surface area contributed by atoms with Crippen LogP contribution in [-0.4, -0.2) is 23.5 Å². The summed E-state index contributed by atoms with van der Waals surface area (Å²) < 4.78 is 0. The highest BCUT2D eigenvalue weighted by Crippen LogP contribution is 2.50. The van der Waals surface area contributed by atoms with Crippen LogP contribution in [0.2, 0.25) is 0 Å². The van der Waals surface area contributed by atoms with E-state index >= 15 is 0 Å². The summed E-state index contributed by atoms with van der Waals surface area (Å²) in [6.45, 7) is 0.519. The number of rotatable bonds is 4. The number of anilines is 1. The van der Waals surface area contributed by atoms with E-state index in [2.05, 4.69) is 0 Å². The van der Waals surface area contributed by atoms with E-state index < -0.39 is 5.97 Å². The second kappa shape index (κ2) is 5.66. The molecule has 4 unspecified atom stereocenters. The van der Waals surface area contributed by atoms with Gasteiger partial charge in [0.05, 0.1) is 6.42 Å². The Morgan fingerprint density at radius 3 is 2.65 bits per heavy atom. The van der Waals surface area contributed by atoms with Gasteiger partial charge in [-0.2, -0.15) is 0 Å². The molecule has 1 heterocycles. The summed E-state index contributed by atoms with van der Waals surface area (Å²) in [6.07, 6.45) is 5.90. The summed E-state index contributed by atoms with van der Waals surface area (Å²) in [7, 11) is 0. The molecule has 23 heavy (non-hydrogen) atoms. The van der Waals surface area contributed by atoms with Crippen molar-refractivity contribution in [3.63, 3.8) is 0 Å². The maximum absolute atomic E-state index is 12.9. The summed E-state index contributed by atoms with van der Waals surface area (Å²) in [5.74, 6) is 1.45. The summed E-state index contributed by atoms with van der Waals surface area (Å²) in [5.41, 5.74) is 1.93. The zero-order valence-corrected chi connectivity index (χ0v) is 13.3. The monoisotopic (exact) mass is 313 g/mol. The largest absolute Gasteiger partial charge is 0.481 e. The first-order valence-corrected chi connectivity index (χ1v) is 8.73. The van der Waals surface area contributed by atoms with Crippen molar-refractivity contribution in [2.75, 3.05) is 11.4 Å². The van der Waals surface area contributed by atoms with Crippen molar-refractivity contribution < 1.29 is 14.7 Å². The van der Waals surface area contributed by atoms with Crippen molar-refractivity contribution in [2.45, 2.75) is 44.4 Å². The number of carbonyl (C=O) groups is 2. The smallest absolute Gasteiger partial charge is 0.304 e. The highest BCUT2D eigenvalue weighted by Gasteiger charge is 2.42. The fraction of sp³-hybridized carbons (Fsp3) is 0.579. The molecular formula is C19H23NO3. The molecule has 1 N–H and O–H groups in total. The number of aliphatic carboxylic acids is 1. The Kier molecular flexibility index (Phi) is 3.63. The van der Waals surface area contributed by atoms with Crippen molar-refractivity contribution in [1.29, 1.82) is 0 Å². The number of fused-ring (bicyclic) bond motifs is 3. The molecular weight excluding hydrogens is 290 g/mol. The number of benzene rings is 1. The van der Waals surface area contributed by atoms with Crippen LogP contribution in [0.15, 0.2) is 24.3 Å². The number of carboxylic acids is 1. The van der Waals surface area contributed by atoms with Crippen LogP contribution in [-0.2, 0) is 9.59 Å². The van der Waals surface area contributed by atoms with E-state index in [1.165, 1.54) is 25.7 Å². The Morgan fingerprint density at radius 2 is 1.96 bits per heavy atom. The standard InChI is InChI=1S/C19H23NO3/c21-18(9-14-8-12-5-6-13(14)7-12)20-11-15(10-19(22)23)16-3-1-2-4-17(16)20/h1-4,12-15H,5-11H2,(H,22,23). The minimum Gasteiger partial charge on any atom is -0.481 e. The van der Waals surface area contributed by atoms with Crippen LogP contribution >= 0.6 is 0 Å². The first kappa shape index (κ1) is 14.7. The molecule has 4 heteroatoms. The van der Waals surface area contributed by atoms with Crippen LogP contribution in [0.5, 0.6) is 0 Å². The van der Waals surface area contributed by atoms with Crippen LogP contribution in [0.3, 0.4) is 0 Å². The van der Waals surface area contributed by atoms with Gasteiger partial charge in [0, 0.05) is 24.6 Å². The van der Waals surface area contributed by atoms with Gasteiger partial charge in [0.1, 0.15) is 0 Å². The van der Waals surface area contributed by atoms with Gasteiger partial charge in [0.2, 0.25) is 5.91 Å². The van der Waals surface area contributed by atoms with Crippen molar-refractivity contribution in [1.82, 2.24) is 0 Å². The number of amides is 1. The molecule has 2 fully saturated rings. The van der Waals surface area contributed by atoms with E-state index in [1.807, 2.05) is 29.2 Å². The number of hydrogen-bond acceptors (Lipinski definition) is 2. The topological polar surface area (TPSA) is 57.6 Å². The lowest BCUT2D eigenvalue weighted by atomic mass is 9.86. The fourth-order valence-electron chi connectivity index (χ4n) is 5.08. The molecule has 0 aromatic heterocycles. The van der Waals surface area contributed by atoms with E-state index in [0.29, 0.717) is 18.9 Å². The zero-order chi connectivity index (χ0) is 16.0. The first-order valence-electron chi connectivity index (χ1n) is 8.73. The number of nitrogens with zero attached hydrogens (tertiary/aromatic N) is 1. The second-order valence-electron chi connectivity index (χ2n) is 7.50. The van der Waals surface area contributed by atoms with Gasteiger partial charge in [-0.05, 0) is 48.6 Å². The van der Waals surface area contributed by atoms with Gasteiger partial charge in [0.25, 0.3) is 0 Å². The highest BCUT2D eigenvalue weighted by atomic mass is 16.4. The SMILES string of the molecule is O=C(O)CC1CN(C(=O)CC2CC3CCC2C3)c2ccccc21. The molecule has 2 aliphatic carbocycles. The van der Waals surface area contributed by atoms with Gasteiger partial charge in [-0.1, -0.05) is 24.6 Å². The van der Waals surface area contributed by atoms with E-state index in [9.17, 15) is 9.59 Å². The van der Waals surface area contributed by atoms with Crippen LogP contribution < -0.4 is 4.90 Å². The Labute approximate surface area is 136 Å². The average molecular weight is 313 g/mol. The van der Waals surface area contributed by atoms with Crippen LogP contribution in [0, 0.1) is 17.8 Å². The molecule has 4 rings (SSSR count). The van der Waals surface area contributed by atoms with Crippen molar-refractivity contribution >= 4 is 17.6 Å². The number of carbonyl (C=O) groups excluding carboxylic acids is 1. The number of para-hydroxylation sites is 1. The summed E-state index contributed by atoms with van der Waals surface area (Å²) in [6, 6.07) is 7.78. The normalized spacial score (nSPS) is 31.4. The minimum atomic E-state index is -0.799. The van der Waals surface area contributed by atoms with Gasteiger partial charge in [-0.15, -0.1) is 0 Å². The molecule has 0 saturated heterocycles. The molecule has 4 nitrogen and oxygen atoms in total. The lowest BCUT2D eigenvalue weighted by molar-refractivity contribution is -0.137. The van der Waals surface area contributed by atoms with Gasteiger partial charge in [-0.25, -0.2) is 0 Å². The molecule has 2 bridgehead atoms. The highest BCUT2D eigenvalue weighted by molar-refractivity contribution is 5.96. The van der Waals surface area contributed by atoms with Gasteiger partial charge in [0.15, 0.2) is 0 Å². The number of hydrogen-bond donors (Lipinski definition) is 1. The van der Waals surface area contributed by atoms with Crippen LogP contribution in [0.4, 0.5) is 5.69 Å². The van der Waals surface area contributed by atoms with E-state index in [1.54, 1.807) is 0 Å². The lowest BCUT2D eigenvalue weighted by Crippen LogP contribution is -2.32. The van der Waals surface area contributed by atoms with Crippen molar-refractivity contribution in [3.05, 3.63) is 29.8 Å². The first-order chi connectivity index (χ1) is 11.1. The Hall–Kier alpha value is -1.84. The van der Waals surface area contributed by atoms with Crippen LogP contribution in [0.25, 0.3) is 0 Å². The van der Waals surface area contributed by atoms with Crippen LogP contribution in [0.1, 0.15) is 50.0 Å². The third kappa shape index (κ3) is 2.64. The van der Waals surface area contributed by atoms with E-state index in [-0.39, 0.29) is 18.2 Å².